The number of aromatic amines is 2. The summed E-state index contributed by atoms with van der Waals surface area (Å²) in [7, 11) is 0. The van der Waals surface area contributed by atoms with E-state index in [-0.39, 0.29) is 0 Å². The number of hydrogen-bond donors (Lipinski definition) is 3. The number of rotatable bonds is 4. The molecule has 0 bridgehead atoms. The summed E-state index contributed by atoms with van der Waals surface area (Å²) in [5, 5.41) is 0. The zero-order valence-corrected chi connectivity index (χ0v) is 17.9. The topological polar surface area (TPSA) is 83.4 Å². The first kappa shape index (κ1) is 20.0. The minimum atomic E-state index is -4.33. The molecule has 3 heterocycles. The Morgan fingerprint density at radius 3 is 2.41 bits per heavy atom. The Morgan fingerprint density at radius 2 is 1.72 bits per heavy atom. The fourth-order valence-electron chi connectivity index (χ4n) is 3.14. The molecule has 4 N–H and O–H groups in total. The van der Waals surface area contributed by atoms with Gasteiger partial charge >= 0.3 is 6.18 Å². The maximum Gasteiger partial charge on any atom is 0.416 e. The van der Waals surface area contributed by atoms with Crippen molar-refractivity contribution in [3.63, 3.8) is 0 Å². The number of anilines is 1. The van der Waals surface area contributed by atoms with Gasteiger partial charge in [-0.15, -0.1) is 0 Å². The SMILES string of the molecule is Nc1nc2c(-c3[nH]c(Br)c(CCc4ccc(C(F)(F)F)cc4)c3Br)nccc2[nH]1. The third-order valence-electron chi connectivity index (χ3n) is 4.59. The fourth-order valence-corrected chi connectivity index (χ4v) is 4.68. The van der Waals surface area contributed by atoms with Crippen LogP contribution in [0, 0.1) is 0 Å². The number of H-pyrrole nitrogens is 2. The Balaban J connectivity index is 1.61. The summed E-state index contributed by atoms with van der Waals surface area (Å²) in [4.78, 5) is 15.0. The van der Waals surface area contributed by atoms with Crippen molar-refractivity contribution >= 4 is 48.8 Å². The van der Waals surface area contributed by atoms with Gasteiger partial charge in [0.05, 0.1) is 21.4 Å². The predicted octanol–water partition coefficient (Wildman–Crippen LogP) is 5.86. The largest absolute Gasteiger partial charge is 0.416 e. The predicted molar refractivity (Wildman–Crippen MR) is 112 cm³/mol. The van der Waals surface area contributed by atoms with Crippen molar-refractivity contribution in [2.75, 3.05) is 5.73 Å². The van der Waals surface area contributed by atoms with Gasteiger partial charge in [-0.2, -0.15) is 13.2 Å². The maximum atomic E-state index is 12.7. The van der Waals surface area contributed by atoms with Gasteiger partial charge in [0.15, 0.2) is 5.95 Å². The minimum absolute atomic E-state index is 0.304. The lowest BCUT2D eigenvalue weighted by atomic mass is 10.0. The van der Waals surface area contributed by atoms with Crippen LogP contribution in [-0.4, -0.2) is 19.9 Å². The number of fused-ring (bicyclic) bond motifs is 1. The second-order valence-corrected chi connectivity index (χ2v) is 8.06. The van der Waals surface area contributed by atoms with Gasteiger partial charge in [0, 0.05) is 10.7 Å². The first-order valence-electron chi connectivity index (χ1n) is 8.56. The Kier molecular flexibility index (Phi) is 5.16. The van der Waals surface area contributed by atoms with E-state index in [9.17, 15) is 13.2 Å². The smallest absolute Gasteiger partial charge is 0.369 e. The molecule has 4 rings (SSSR count). The molecule has 0 aliphatic carbocycles. The number of imidazole rings is 1. The minimum Gasteiger partial charge on any atom is -0.369 e. The molecular weight excluding hydrogens is 515 g/mol. The lowest BCUT2D eigenvalue weighted by molar-refractivity contribution is -0.137. The molecule has 0 aliphatic heterocycles. The van der Waals surface area contributed by atoms with Gasteiger partial charge in [0.25, 0.3) is 0 Å². The normalized spacial score (nSPS) is 12.0. The quantitative estimate of drug-likeness (QED) is 0.310. The molecule has 0 aliphatic rings. The summed E-state index contributed by atoms with van der Waals surface area (Å²) in [6, 6.07) is 7.02. The third kappa shape index (κ3) is 3.91. The molecule has 4 aromatic rings. The number of alkyl halides is 3. The zero-order valence-electron chi connectivity index (χ0n) is 14.7. The molecule has 0 saturated carbocycles. The van der Waals surface area contributed by atoms with Crippen molar-refractivity contribution in [3.05, 3.63) is 62.3 Å². The lowest BCUT2D eigenvalue weighted by Gasteiger charge is -2.08. The monoisotopic (exact) mass is 527 g/mol. The Morgan fingerprint density at radius 1 is 1.00 bits per heavy atom. The van der Waals surface area contributed by atoms with Gasteiger partial charge < -0.3 is 15.7 Å². The summed E-state index contributed by atoms with van der Waals surface area (Å²) in [6.45, 7) is 0. The van der Waals surface area contributed by atoms with Gasteiger partial charge in [0.1, 0.15) is 11.2 Å². The summed E-state index contributed by atoms with van der Waals surface area (Å²) >= 11 is 7.15. The Labute approximate surface area is 180 Å². The van der Waals surface area contributed by atoms with Gasteiger partial charge in [-0.1, -0.05) is 12.1 Å². The van der Waals surface area contributed by atoms with Crippen molar-refractivity contribution in [1.82, 2.24) is 19.9 Å². The molecule has 0 unspecified atom stereocenters. The van der Waals surface area contributed by atoms with Crippen LogP contribution in [0.25, 0.3) is 22.4 Å². The maximum absolute atomic E-state index is 12.7. The van der Waals surface area contributed by atoms with Crippen LogP contribution in [0.5, 0.6) is 0 Å². The van der Waals surface area contributed by atoms with Crippen molar-refractivity contribution in [2.24, 2.45) is 0 Å². The van der Waals surface area contributed by atoms with E-state index in [0.29, 0.717) is 30.0 Å². The average Bonchev–Trinajstić information content (AvgIpc) is 3.18. The number of nitrogens with two attached hydrogens (primary N) is 1. The van der Waals surface area contributed by atoms with Gasteiger partial charge in [-0.3, -0.25) is 4.98 Å². The molecule has 5 nitrogen and oxygen atoms in total. The van der Waals surface area contributed by atoms with E-state index >= 15 is 0 Å². The van der Waals surface area contributed by atoms with Crippen LogP contribution < -0.4 is 5.73 Å². The van der Waals surface area contributed by atoms with Crippen molar-refractivity contribution < 1.29 is 13.2 Å². The highest BCUT2D eigenvalue weighted by atomic mass is 79.9. The number of benzene rings is 1. The number of nitrogen functional groups attached to an aromatic ring is 1. The molecule has 0 spiro atoms. The molecule has 150 valence electrons. The first-order chi connectivity index (χ1) is 13.7. The van der Waals surface area contributed by atoms with E-state index in [1.807, 2.05) is 0 Å². The van der Waals surface area contributed by atoms with E-state index in [4.69, 9.17) is 5.73 Å². The van der Waals surface area contributed by atoms with E-state index in [1.165, 1.54) is 12.1 Å². The van der Waals surface area contributed by atoms with Crippen LogP contribution in [0.2, 0.25) is 0 Å². The molecule has 3 aromatic heterocycles. The summed E-state index contributed by atoms with van der Waals surface area (Å²) in [5.74, 6) is 0.304. The summed E-state index contributed by atoms with van der Waals surface area (Å²) in [6.07, 6.45) is -1.47. The highest BCUT2D eigenvalue weighted by Crippen LogP contribution is 2.38. The van der Waals surface area contributed by atoms with Crippen molar-refractivity contribution in [3.8, 4) is 11.4 Å². The summed E-state index contributed by atoms with van der Waals surface area (Å²) < 4.78 is 39.7. The van der Waals surface area contributed by atoms with Crippen LogP contribution in [0.15, 0.2) is 45.6 Å². The second-order valence-electron chi connectivity index (χ2n) is 6.48. The van der Waals surface area contributed by atoms with Gasteiger partial charge in [-0.25, -0.2) is 4.98 Å². The van der Waals surface area contributed by atoms with Crippen LogP contribution in [0.3, 0.4) is 0 Å². The molecule has 1 aromatic carbocycles. The molecule has 0 saturated heterocycles. The summed E-state index contributed by atoms with van der Waals surface area (Å²) in [5.41, 5.74) is 9.71. The fraction of sp³-hybridized carbons (Fsp3) is 0.158. The molecule has 10 heteroatoms. The zero-order chi connectivity index (χ0) is 20.8. The van der Waals surface area contributed by atoms with E-state index in [1.54, 1.807) is 12.3 Å². The Hall–Kier alpha value is -2.33. The van der Waals surface area contributed by atoms with E-state index in [2.05, 4.69) is 51.8 Å². The number of nitrogens with zero attached hydrogens (tertiary/aromatic N) is 2. The highest BCUT2D eigenvalue weighted by Gasteiger charge is 2.30. The standard InChI is InChI=1S/C19H14Br2F3N5/c20-13-11(6-3-9-1-4-10(5-2-9)19(22,23)24)17(21)28-15(13)16-14-12(7-8-26-16)27-18(25)29-14/h1-2,4-5,7-8,28H,3,6H2,(H3,25,27,29). The molecule has 0 amide bonds. The molecule has 29 heavy (non-hydrogen) atoms. The number of pyridine rings is 1. The van der Waals surface area contributed by atoms with Crippen LogP contribution in [-0.2, 0) is 19.0 Å². The average molecular weight is 529 g/mol. The van der Waals surface area contributed by atoms with E-state index in [0.717, 1.165) is 43.5 Å². The number of aryl methyl sites for hydroxylation is 1. The molecule has 0 radical (unpaired) electrons. The van der Waals surface area contributed by atoms with Crippen molar-refractivity contribution in [1.29, 1.82) is 0 Å². The van der Waals surface area contributed by atoms with E-state index < -0.39 is 11.7 Å². The number of nitrogens with one attached hydrogen (secondary N) is 2. The number of halogens is 5. The second kappa shape index (κ2) is 7.49. The van der Waals surface area contributed by atoms with Gasteiger partial charge in [-0.05, 0) is 74.0 Å². The number of hydrogen-bond acceptors (Lipinski definition) is 3. The van der Waals surface area contributed by atoms with Gasteiger partial charge in [0.2, 0.25) is 0 Å². The van der Waals surface area contributed by atoms with Crippen LogP contribution in [0.4, 0.5) is 19.1 Å². The third-order valence-corrected chi connectivity index (χ3v) is 6.14. The Bertz CT molecular complexity index is 1180. The van der Waals surface area contributed by atoms with Crippen LogP contribution >= 0.6 is 31.9 Å². The highest BCUT2D eigenvalue weighted by molar-refractivity contribution is 9.11. The van der Waals surface area contributed by atoms with Crippen LogP contribution in [0.1, 0.15) is 16.7 Å². The molecule has 0 fully saturated rings. The lowest BCUT2D eigenvalue weighted by Crippen LogP contribution is -2.04. The molecule has 0 atom stereocenters. The molecular formula is C19H14Br2F3N5. The number of aromatic nitrogens is 4. The first-order valence-corrected chi connectivity index (χ1v) is 10.1. The van der Waals surface area contributed by atoms with Crippen molar-refractivity contribution in [2.45, 2.75) is 19.0 Å².